The van der Waals surface area contributed by atoms with Crippen molar-refractivity contribution in [1.29, 1.82) is 0 Å². The molecule has 0 aliphatic rings. The molecule has 0 fully saturated rings. The molecule has 0 bridgehead atoms. The second-order valence-corrected chi connectivity index (χ2v) is 8.88. The van der Waals surface area contributed by atoms with Gasteiger partial charge in [0.1, 0.15) is 17.0 Å². The number of imidazole rings is 1. The molecule has 0 amide bonds. The van der Waals surface area contributed by atoms with Crippen molar-refractivity contribution >= 4 is 50.9 Å². The third kappa shape index (κ3) is 3.38. The number of hydrogen-bond donors (Lipinski definition) is 1. The van der Waals surface area contributed by atoms with E-state index in [4.69, 9.17) is 15.7 Å². The number of rotatable bonds is 6. The highest BCUT2D eigenvalue weighted by Gasteiger charge is 2.22. The van der Waals surface area contributed by atoms with Gasteiger partial charge in [-0.3, -0.25) is 23.1 Å². The lowest BCUT2D eigenvalue weighted by Crippen LogP contribution is -2.42. The molecule has 0 atom stereocenters. The number of Topliss-reactive ketones (excluding diaryl/α,β-unsaturated/α-hetero) is 1. The smallest absolute Gasteiger partial charge is 0.332 e. The van der Waals surface area contributed by atoms with E-state index in [1.165, 1.54) is 23.4 Å². The van der Waals surface area contributed by atoms with E-state index in [1.807, 2.05) is 59.9 Å². The van der Waals surface area contributed by atoms with Gasteiger partial charge >= 0.3 is 5.69 Å². The SMILES string of the molecule is CCCn1c(N)c(C(=O)CSc2nc3ccccc3c3nc4ccccc4n23)c(=O)n(C)c1=O. The van der Waals surface area contributed by atoms with Crippen LogP contribution in [0.25, 0.3) is 27.6 Å². The fraction of sp³-hybridized carbons (Fsp3) is 0.208. The molecule has 3 heterocycles. The molecule has 2 aromatic carbocycles. The first-order valence-corrected chi connectivity index (χ1v) is 11.8. The minimum Gasteiger partial charge on any atom is -0.384 e. The minimum atomic E-state index is -0.690. The first kappa shape index (κ1) is 21.9. The number of carbonyl (C=O) groups is 1. The van der Waals surface area contributed by atoms with Crippen molar-refractivity contribution in [3.05, 3.63) is 74.9 Å². The monoisotopic (exact) mass is 474 g/mol. The summed E-state index contributed by atoms with van der Waals surface area (Å²) < 4.78 is 4.13. The summed E-state index contributed by atoms with van der Waals surface area (Å²) in [4.78, 5) is 47.9. The van der Waals surface area contributed by atoms with Crippen molar-refractivity contribution in [3.63, 3.8) is 0 Å². The number of para-hydroxylation sites is 3. The Morgan fingerprint density at radius 2 is 1.74 bits per heavy atom. The maximum absolute atomic E-state index is 13.2. The van der Waals surface area contributed by atoms with Gasteiger partial charge in [-0.15, -0.1) is 0 Å². The zero-order chi connectivity index (χ0) is 24.0. The van der Waals surface area contributed by atoms with Crippen LogP contribution in [0.4, 0.5) is 5.82 Å². The average Bonchev–Trinajstić information content (AvgIpc) is 3.24. The van der Waals surface area contributed by atoms with Crippen molar-refractivity contribution in [3.8, 4) is 0 Å². The predicted molar refractivity (Wildman–Crippen MR) is 134 cm³/mol. The van der Waals surface area contributed by atoms with Gasteiger partial charge in [0, 0.05) is 19.0 Å². The van der Waals surface area contributed by atoms with E-state index in [1.54, 1.807) is 0 Å². The molecular formula is C24H22N6O3S. The van der Waals surface area contributed by atoms with Gasteiger partial charge < -0.3 is 5.73 Å². The zero-order valence-corrected chi connectivity index (χ0v) is 19.5. The Bertz CT molecular complexity index is 1720. The number of thioether (sulfide) groups is 1. The number of nitrogen functional groups attached to an aromatic ring is 1. The molecule has 34 heavy (non-hydrogen) atoms. The number of aromatic nitrogens is 5. The van der Waals surface area contributed by atoms with Gasteiger partial charge in [-0.05, 0) is 30.7 Å². The van der Waals surface area contributed by atoms with E-state index < -0.39 is 17.0 Å². The number of nitrogens with zero attached hydrogens (tertiary/aromatic N) is 5. The molecule has 2 N–H and O–H groups in total. The summed E-state index contributed by atoms with van der Waals surface area (Å²) in [7, 11) is 1.35. The van der Waals surface area contributed by atoms with Gasteiger partial charge in [-0.2, -0.15) is 0 Å². The summed E-state index contributed by atoms with van der Waals surface area (Å²) in [6.45, 7) is 2.21. The lowest BCUT2D eigenvalue weighted by atomic mass is 10.2. The van der Waals surface area contributed by atoms with Gasteiger partial charge in [0.05, 0.1) is 22.3 Å². The van der Waals surface area contributed by atoms with Crippen LogP contribution in [0.2, 0.25) is 0 Å². The third-order valence-corrected chi connectivity index (χ3v) is 6.69. The Hall–Kier alpha value is -3.92. The molecule has 0 aliphatic heterocycles. The van der Waals surface area contributed by atoms with E-state index in [0.717, 1.165) is 32.2 Å². The van der Waals surface area contributed by atoms with E-state index in [2.05, 4.69) is 0 Å². The molecular weight excluding hydrogens is 452 g/mol. The fourth-order valence-corrected chi connectivity index (χ4v) is 4.98. The number of hydrogen-bond acceptors (Lipinski definition) is 7. The van der Waals surface area contributed by atoms with Crippen LogP contribution in [0.1, 0.15) is 23.7 Å². The number of nitrogens with two attached hydrogens (primary N) is 1. The molecule has 10 heteroatoms. The summed E-state index contributed by atoms with van der Waals surface area (Å²) in [6.07, 6.45) is 0.636. The standard InChI is InChI=1S/C24H22N6O3S/c1-3-12-29-20(25)19(22(32)28(2)24(29)33)18(31)13-34-23-27-15-9-5-4-8-14(15)21-26-16-10-6-7-11-17(16)30(21)23/h4-11H,3,12-13,25H2,1-2H3. The Morgan fingerprint density at radius 1 is 1.03 bits per heavy atom. The highest BCUT2D eigenvalue weighted by atomic mass is 32.2. The molecule has 0 saturated carbocycles. The molecule has 9 nitrogen and oxygen atoms in total. The Morgan fingerprint density at radius 3 is 2.50 bits per heavy atom. The van der Waals surface area contributed by atoms with Crippen LogP contribution in [0.15, 0.2) is 63.3 Å². The average molecular weight is 475 g/mol. The molecule has 0 saturated heterocycles. The molecule has 5 aromatic rings. The quantitative estimate of drug-likeness (QED) is 0.228. The van der Waals surface area contributed by atoms with Crippen LogP contribution in [0, 0.1) is 0 Å². The Kier molecular flexibility index (Phi) is 5.45. The van der Waals surface area contributed by atoms with Crippen LogP contribution in [0.3, 0.4) is 0 Å². The Balaban J connectivity index is 1.61. The largest absolute Gasteiger partial charge is 0.384 e. The van der Waals surface area contributed by atoms with Crippen LogP contribution in [0.5, 0.6) is 0 Å². The lowest BCUT2D eigenvalue weighted by Gasteiger charge is -2.14. The molecule has 0 spiro atoms. The summed E-state index contributed by atoms with van der Waals surface area (Å²) >= 11 is 1.21. The fourth-order valence-electron chi connectivity index (χ4n) is 4.10. The van der Waals surface area contributed by atoms with Crippen molar-refractivity contribution < 1.29 is 4.79 Å². The molecule has 172 valence electrons. The first-order chi connectivity index (χ1) is 16.4. The van der Waals surface area contributed by atoms with Crippen LogP contribution < -0.4 is 17.0 Å². The molecule has 3 aromatic heterocycles. The third-order valence-electron chi connectivity index (χ3n) is 5.75. The molecule has 0 aliphatic carbocycles. The number of carbonyl (C=O) groups excluding carboxylic acids is 1. The normalized spacial score (nSPS) is 11.6. The van der Waals surface area contributed by atoms with E-state index >= 15 is 0 Å². The number of anilines is 1. The number of ketones is 1. The number of benzene rings is 2. The topological polar surface area (TPSA) is 117 Å². The maximum Gasteiger partial charge on any atom is 0.332 e. The molecule has 0 radical (unpaired) electrons. The second-order valence-electron chi connectivity index (χ2n) is 7.94. The maximum atomic E-state index is 13.2. The molecule has 0 unspecified atom stereocenters. The highest BCUT2D eigenvalue weighted by Crippen LogP contribution is 2.29. The van der Waals surface area contributed by atoms with E-state index in [-0.39, 0.29) is 17.1 Å². The summed E-state index contributed by atoms with van der Waals surface area (Å²) in [5.41, 5.74) is 7.92. The second kappa shape index (κ2) is 8.45. The minimum absolute atomic E-state index is 0.0727. The first-order valence-electron chi connectivity index (χ1n) is 10.8. The van der Waals surface area contributed by atoms with Crippen molar-refractivity contribution in [2.45, 2.75) is 25.0 Å². The highest BCUT2D eigenvalue weighted by molar-refractivity contribution is 7.99. The summed E-state index contributed by atoms with van der Waals surface area (Å²) in [5, 5.41) is 1.48. The van der Waals surface area contributed by atoms with Gasteiger partial charge in [0.15, 0.2) is 10.9 Å². The van der Waals surface area contributed by atoms with E-state index in [9.17, 15) is 14.4 Å². The van der Waals surface area contributed by atoms with Crippen molar-refractivity contribution in [2.24, 2.45) is 7.05 Å². The van der Waals surface area contributed by atoms with Gasteiger partial charge in [0.2, 0.25) is 0 Å². The van der Waals surface area contributed by atoms with Crippen LogP contribution in [-0.2, 0) is 13.6 Å². The van der Waals surface area contributed by atoms with Crippen LogP contribution in [-0.4, -0.2) is 35.0 Å². The van der Waals surface area contributed by atoms with Crippen molar-refractivity contribution in [2.75, 3.05) is 11.5 Å². The van der Waals surface area contributed by atoms with Gasteiger partial charge in [-0.25, -0.2) is 14.8 Å². The molecule has 5 rings (SSSR count). The Labute approximate surface area is 197 Å². The predicted octanol–water partition coefficient (Wildman–Crippen LogP) is 2.86. The van der Waals surface area contributed by atoms with Crippen LogP contribution >= 0.6 is 11.8 Å². The summed E-state index contributed by atoms with van der Waals surface area (Å²) in [5.74, 6) is -0.623. The number of fused-ring (bicyclic) bond motifs is 5. The van der Waals surface area contributed by atoms with Gasteiger partial charge in [0.25, 0.3) is 5.56 Å². The lowest BCUT2D eigenvalue weighted by molar-refractivity contribution is 0.102. The summed E-state index contributed by atoms with van der Waals surface area (Å²) in [6, 6.07) is 15.4. The van der Waals surface area contributed by atoms with Gasteiger partial charge in [-0.1, -0.05) is 43.0 Å². The van der Waals surface area contributed by atoms with E-state index in [0.29, 0.717) is 18.1 Å². The zero-order valence-electron chi connectivity index (χ0n) is 18.7. The van der Waals surface area contributed by atoms with Crippen molar-refractivity contribution in [1.82, 2.24) is 23.5 Å².